The van der Waals surface area contributed by atoms with Gasteiger partial charge in [-0.05, 0) is 12.5 Å². The number of carbonyl (C=O) groups excluding carboxylic acids is 1. The van der Waals surface area contributed by atoms with Gasteiger partial charge < -0.3 is 16.2 Å². The number of hydrogen-bond acceptors (Lipinski definition) is 3. The third-order valence-electron chi connectivity index (χ3n) is 2.17. The van der Waals surface area contributed by atoms with Crippen LogP contribution in [0.2, 0.25) is 0 Å². The molecule has 0 aliphatic carbocycles. The van der Waals surface area contributed by atoms with Crippen LogP contribution in [0.5, 0.6) is 0 Å². The SMILES string of the molecule is C[C@H](NC(=O)[C@H](N)c1ccccc1)C(=O)O. The topological polar surface area (TPSA) is 92.4 Å². The third-order valence-corrected chi connectivity index (χ3v) is 2.17. The third kappa shape index (κ3) is 3.06. The maximum atomic E-state index is 11.6. The van der Waals surface area contributed by atoms with E-state index in [1.54, 1.807) is 24.3 Å². The van der Waals surface area contributed by atoms with E-state index in [0.717, 1.165) is 0 Å². The number of carbonyl (C=O) groups is 2. The molecular formula is C11H14N2O3. The Labute approximate surface area is 93.3 Å². The summed E-state index contributed by atoms with van der Waals surface area (Å²) in [4.78, 5) is 22.1. The monoisotopic (exact) mass is 222 g/mol. The van der Waals surface area contributed by atoms with Crippen molar-refractivity contribution in [3.05, 3.63) is 35.9 Å². The van der Waals surface area contributed by atoms with Crippen molar-refractivity contribution in [1.82, 2.24) is 5.32 Å². The summed E-state index contributed by atoms with van der Waals surface area (Å²) < 4.78 is 0. The molecule has 0 spiro atoms. The number of carboxylic acids is 1. The highest BCUT2D eigenvalue weighted by Crippen LogP contribution is 2.09. The lowest BCUT2D eigenvalue weighted by molar-refractivity contribution is -0.141. The van der Waals surface area contributed by atoms with Crippen LogP contribution in [0.3, 0.4) is 0 Å². The Hall–Kier alpha value is -1.88. The maximum Gasteiger partial charge on any atom is 0.325 e. The van der Waals surface area contributed by atoms with Crippen molar-refractivity contribution in [2.24, 2.45) is 5.73 Å². The van der Waals surface area contributed by atoms with E-state index in [9.17, 15) is 9.59 Å². The maximum absolute atomic E-state index is 11.6. The molecule has 0 aliphatic rings. The normalized spacial score (nSPS) is 13.9. The summed E-state index contributed by atoms with van der Waals surface area (Å²) in [5.41, 5.74) is 6.33. The van der Waals surface area contributed by atoms with Gasteiger partial charge in [0.1, 0.15) is 12.1 Å². The zero-order valence-corrected chi connectivity index (χ0v) is 8.88. The average Bonchev–Trinajstić information content (AvgIpc) is 2.28. The smallest absolute Gasteiger partial charge is 0.325 e. The summed E-state index contributed by atoms with van der Waals surface area (Å²) in [7, 11) is 0. The molecule has 4 N–H and O–H groups in total. The van der Waals surface area contributed by atoms with Crippen molar-refractivity contribution in [2.75, 3.05) is 0 Å². The second-order valence-electron chi connectivity index (χ2n) is 3.46. The lowest BCUT2D eigenvalue weighted by atomic mass is 10.1. The summed E-state index contributed by atoms with van der Waals surface area (Å²) in [5, 5.41) is 10.9. The molecule has 1 aromatic rings. The molecule has 1 amide bonds. The van der Waals surface area contributed by atoms with Gasteiger partial charge >= 0.3 is 5.97 Å². The number of nitrogens with one attached hydrogen (secondary N) is 1. The number of amides is 1. The highest BCUT2D eigenvalue weighted by atomic mass is 16.4. The predicted octanol–water partition coefficient (Wildman–Crippen LogP) is 0.276. The molecule has 0 saturated carbocycles. The molecule has 0 aliphatic heterocycles. The van der Waals surface area contributed by atoms with Gasteiger partial charge in [-0.1, -0.05) is 30.3 Å². The van der Waals surface area contributed by atoms with Crippen LogP contribution in [-0.2, 0) is 9.59 Å². The molecular weight excluding hydrogens is 208 g/mol. The minimum absolute atomic E-state index is 0.499. The van der Waals surface area contributed by atoms with Crippen LogP contribution in [-0.4, -0.2) is 23.0 Å². The van der Waals surface area contributed by atoms with Crippen LogP contribution in [0.4, 0.5) is 0 Å². The molecule has 0 bridgehead atoms. The van der Waals surface area contributed by atoms with Gasteiger partial charge in [0.2, 0.25) is 5.91 Å². The Morgan fingerprint density at radius 1 is 1.31 bits per heavy atom. The van der Waals surface area contributed by atoms with Gasteiger partial charge in [-0.3, -0.25) is 9.59 Å². The quantitative estimate of drug-likeness (QED) is 0.682. The lowest BCUT2D eigenvalue weighted by Gasteiger charge is -2.14. The molecule has 0 aromatic heterocycles. The summed E-state index contributed by atoms with van der Waals surface area (Å²) in [6.45, 7) is 1.39. The first-order chi connectivity index (χ1) is 7.52. The molecule has 0 radical (unpaired) electrons. The van der Waals surface area contributed by atoms with E-state index in [-0.39, 0.29) is 0 Å². The molecule has 2 atom stereocenters. The van der Waals surface area contributed by atoms with Crippen molar-refractivity contribution in [3.8, 4) is 0 Å². The lowest BCUT2D eigenvalue weighted by Crippen LogP contribution is -2.43. The van der Waals surface area contributed by atoms with E-state index in [2.05, 4.69) is 5.32 Å². The fourth-order valence-electron chi connectivity index (χ4n) is 1.18. The van der Waals surface area contributed by atoms with Gasteiger partial charge in [0.25, 0.3) is 0 Å². The van der Waals surface area contributed by atoms with Crippen LogP contribution >= 0.6 is 0 Å². The number of nitrogens with two attached hydrogens (primary N) is 1. The van der Waals surface area contributed by atoms with Gasteiger partial charge in [0.15, 0.2) is 0 Å². The Balaban J connectivity index is 2.65. The molecule has 1 rings (SSSR count). The number of aliphatic carboxylic acids is 1. The Morgan fingerprint density at radius 3 is 2.38 bits per heavy atom. The first-order valence-electron chi connectivity index (χ1n) is 4.86. The van der Waals surface area contributed by atoms with Crippen molar-refractivity contribution in [1.29, 1.82) is 0 Å². The first kappa shape index (κ1) is 12.2. The summed E-state index contributed by atoms with van der Waals surface area (Å²) in [5.74, 6) is -1.59. The number of carboxylic acid groups (broad SMARTS) is 1. The van der Waals surface area contributed by atoms with E-state index >= 15 is 0 Å². The van der Waals surface area contributed by atoms with Gasteiger partial charge in [-0.15, -0.1) is 0 Å². The van der Waals surface area contributed by atoms with Crippen LogP contribution in [0.25, 0.3) is 0 Å². The first-order valence-corrected chi connectivity index (χ1v) is 4.86. The summed E-state index contributed by atoms with van der Waals surface area (Å²) in [6.07, 6.45) is 0. The van der Waals surface area contributed by atoms with Gasteiger partial charge in [-0.25, -0.2) is 0 Å². The Bertz CT molecular complexity index is 378. The van der Waals surface area contributed by atoms with Gasteiger partial charge in [0.05, 0.1) is 0 Å². The fraction of sp³-hybridized carbons (Fsp3) is 0.273. The average molecular weight is 222 g/mol. The summed E-state index contributed by atoms with van der Waals surface area (Å²) >= 11 is 0. The van der Waals surface area contributed by atoms with Gasteiger partial charge in [-0.2, -0.15) is 0 Å². The number of hydrogen-bond donors (Lipinski definition) is 3. The number of benzene rings is 1. The van der Waals surface area contributed by atoms with Crippen LogP contribution in [0.1, 0.15) is 18.5 Å². The van der Waals surface area contributed by atoms with Crippen molar-refractivity contribution >= 4 is 11.9 Å². The van der Waals surface area contributed by atoms with E-state index in [0.29, 0.717) is 5.56 Å². The molecule has 16 heavy (non-hydrogen) atoms. The molecule has 86 valence electrons. The van der Waals surface area contributed by atoms with E-state index in [1.165, 1.54) is 6.92 Å². The van der Waals surface area contributed by atoms with E-state index < -0.39 is 24.0 Å². The molecule has 5 heteroatoms. The zero-order chi connectivity index (χ0) is 12.1. The molecule has 0 heterocycles. The second kappa shape index (κ2) is 5.27. The van der Waals surface area contributed by atoms with Gasteiger partial charge in [0, 0.05) is 0 Å². The van der Waals surface area contributed by atoms with Crippen molar-refractivity contribution < 1.29 is 14.7 Å². The minimum atomic E-state index is -1.09. The molecule has 0 saturated heterocycles. The Kier molecular flexibility index (Phi) is 4.02. The molecule has 0 fully saturated rings. The predicted molar refractivity (Wildman–Crippen MR) is 58.6 cm³/mol. The number of rotatable bonds is 4. The zero-order valence-electron chi connectivity index (χ0n) is 8.88. The van der Waals surface area contributed by atoms with Crippen LogP contribution in [0.15, 0.2) is 30.3 Å². The summed E-state index contributed by atoms with van der Waals surface area (Å²) in [6, 6.07) is 7.00. The fourth-order valence-corrected chi connectivity index (χ4v) is 1.18. The van der Waals surface area contributed by atoms with Crippen LogP contribution < -0.4 is 11.1 Å². The van der Waals surface area contributed by atoms with Crippen LogP contribution in [0, 0.1) is 0 Å². The highest BCUT2D eigenvalue weighted by molar-refractivity contribution is 5.87. The van der Waals surface area contributed by atoms with E-state index in [4.69, 9.17) is 10.8 Å². The van der Waals surface area contributed by atoms with Crippen molar-refractivity contribution in [3.63, 3.8) is 0 Å². The van der Waals surface area contributed by atoms with Crippen molar-refractivity contribution in [2.45, 2.75) is 19.0 Å². The minimum Gasteiger partial charge on any atom is -0.480 e. The molecule has 0 unspecified atom stereocenters. The molecule has 1 aromatic carbocycles. The standard InChI is InChI=1S/C11H14N2O3/c1-7(11(15)16)13-10(14)9(12)8-5-3-2-4-6-8/h2-7,9H,12H2,1H3,(H,13,14)(H,15,16)/t7-,9+/m0/s1. The van der Waals surface area contributed by atoms with E-state index in [1.807, 2.05) is 6.07 Å². The largest absolute Gasteiger partial charge is 0.480 e. The highest BCUT2D eigenvalue weighted by Gasteiger charge is 2.20. The second-order valence-corrected chi connectivity index (χ2v) is 3.46. The Morgan fingerprint density at radius 2 is 1.88 bits per heavy atom. The molecule has 5 nitrogen and oxygen atoms in total.